The van der Waals surface area contributed by atoms with E-state index in [-0.39, 0.29) is 5.84 Å². The molecule has 2 aromatic rings. The van der Waals surface area contributed by atoms with Crippen molar-refractivity contribution in [2.75, 3.05) is 0 Å². The van der Waals surface area contributed by atoms with E-state index in [9.17, 15) is 0 Å². The number of H-pyrrole nitrogens is 1. The molecule has 0 radical (unpaired) electrons. The maximum absolute atomic E-state index is 7.21. The van der Waals surface area contributed by atoms with E-state index in [1.54, 1.807) is 12.4 Å². The number of nitrogens with zero attached hydrogens (tertiary/aromatic N) is 1. The zero-order valence-electron chi connectivity index (χ0n) is 7.36. The lowest BCUT2D eigenvalue weighted by Crippen LogP contribution is -2.10. The summed E-state index contributed by atoms with van der Waals surface area (Å²) in [7, 11) is 0. The lowest BCUT2D eigenvalue weighted by molar-refractivity contribution is 0.311. The third-order valence-electron chi connectivity index (χ3n) is 1.73. The van der Waals surface area contributed by atoms with Gasteiger partial charge in [-0.05, 0) is 18.2 Å². The van der Waals surface area contributed by atoms with Crippen molar-refractivity contribution >= 4 is 16.9 Å². The van der Waals surface area contributed by atoms with Crippen LogP contribution in [0.1, 0.15) is 5.56 Å². The summed E-state index contributed by atoms with van der Waals surface area (Å²) in [4.78, 5) is 7.00. The maximum Gasteiger partial charge on any atom is 0.122 e. The molecular weight excluding hydrogens is 182 g/mol. The molecule has 0 spiro atoms. The molecule has 0 aliphatic rings. The number of nitrogens with one attached hydrogen (secondary N) is 2. The first-order valence-electron chi connectivity index (χ1n) is 3.81. The summed E-state index contributed by atoms with van der Waals surface area (Å²) in [5, 5.41) is 13.7. The summed E-state index contributed by atoms with van der Waals surface area (Å²) in [6, 6.07) is 5.43. The van der Waals surface area contributed by atoms with Gasteiger partial charge >= 0.3 is 0 Å². The molecule has 1 aromatic heterocycles. The summed E-state index contributed by atoms with van der Waals surface area (Å²) in [6.07, 6.45) is 1.62. The Hall–Kier alpha value is -1.92. The molecule has 14 heavy (non-hydrogen) atoms. The molecular formula is C8H11N5O. The van der Waals surface area contributed by atoms with E-state index in [1.165, 1.54) is 0 Å². The molecule has 0 unspecified atom stereocenters. The van der Waals surface area contributed by atoms with Crippen molar-refractivity contribution in [3.05, 3.63) is 30.1 Å². The number of fused-ring (bicyclic) bond motifs is 1. The predicted octanol–water partition coefficient (Wildman–Crippen LogP) is 0.181. The van der Waals surface area contributed by atoms with Crippen molar-refractivity contribution in [3.8, 4) is 0 Å². The highest BCUT2D eigenvalue weighted by Gasteiger charge is 1.99. The molecule has 1 heterocycles. The van der Waals surface area contributed by atoms with Crippen LogP contribution in [-0.4, -0.2) is 21.0 Å². The van der Waals surface area contributed by atoms with Gasteiger partial charge in [-0.3, -0.25) is 5.41 Å². The quantitative estimate of drug-likeness (QED) is 0.251. The number of aromatic amines is 1. The fourth-order valence-electron chi connectivity index (χ4n) is 1.10. The lowest BCUT2D eigenvalue weighted by Gasteiger charge is -1.96. The minimum Gasteiger partial charge on any atom is -0.384 e. The van der Waals surface area contributed by atoms with Crippen molar-refractivity contribution < 1.29 is 5.21 Å². The number of benzene rings is 1. The zero-order valence-corrected chi connectivity index (χ0v) is 7.36. The van der Waals surface area contributed by atoms with Crippen molar-refractivity contribution in [1.82, 2.24) is 9.97 Å². The van der Waals surface area contributed by atoms with Crippen LogP contribution < -0.4 is 11.6 Å². The average molecular weight is 193 g/mol. The summed E-state index contributed by atoms with van der Waals surface area (Å²) in [5.74, 6) is 3.58. The van der Waals surface area contributed by atoms with Crippen molar-refractivity contribution in [3.63, 3.8) is 0 Å². The van der Waals surface area contributed by atoms with Gasteiger partial charge in [-0.25, -0.2) is 10.9 Å². The topological polar surface area (TPSA) is 125 Å². The highest BCUT2D eigenvalue weighted by Crippen LogP contribution is 2.10. The highest BCUT2D eigenvalue weighted by atomic mass is 16.4. The van der Waals surface area contributed by atoms with Gasteiger partial charge in [-0.2, -0.15) is 0 Å². The van der Waals surface area contributed by atoms with Crippen LogP contribution in [0.3, 0.4) is 0 Å². The Kier molecular flexibility index (Phi) is 3.16. The van der Waals surface area contributed by atoms with Gasteiger partial charge in [-0.1, -0.05) is 0 Å². The Morgan fingerprint density at radius 3 is 2.79 bits per heavy atom. The first kappa shape index (κ1) is 10.2. The van der Waals surface area contributed by atoms with Gasteiger partial charge in [-0.15, -0.1) is 0 Å². The van der Waals surface area contributed by atoms with Crippen molar-refractivity contribution in [2.45, 2.75) is 0 Å². The molecule has 2 rings (SSSR count). The predicted molar refractivity (Wildman–Crippen MR) is 53.1 cm³/mol. The number of nitrogen functional groups attached to an aromatic ring is 1. The normalized spacial score (nSPS) is 9.29. The fourth-order valence-corrected chi connectivity index (χ4v) is 1.10. The Balaban J connectivity index is 0.000000461. The number of nitrogens with two attached hydrogens (primary N) is 2. The van der Waals surface area contributed by atoms with Gasteiger partial charge in [0.15, 0.2) is 0 Å². The minimum absolute atomic E-state index is 0.0755. The van der Waals surface area contributed by atoms with Crippen LogP contribution in [0.2, 0.25) is 0 Å². The van der Waals surface area contributed by atoms with Crippen LogP contribution in [0.25, 0.3) is 11.0 Å². The Labute approximate surface area is 80.0 Å². The van der Waals surface area contributed by atoms with E-state index in [0.29, 0.717) is 5.56 Å². The van der Waals surface area contributed by atoms with E-state index >= 15 is 0 Å². The minimum atomic E-state index is 0.0755. The molecule has 1 aromatic carbocycles. The van der Waals surface area contributed by atoms with Crippen LogP contribution in [0.5, 0.6) is 0 Å². The molecule has 0 fully saturated rings. The Morgan fingerprint density at radius 2 is 2.14 bits per heavy atom. The molecule has 0 bridgehead atoms. The number of hydrogen-bond acceptors (Lipinski definition) is 4. The summed E-state index contributed by atoms with van der Waals surface area (Å²) in [5.41, 5.74) is 7.83. The third-order valence-corrected chi connectivity index (χ3v) is 1.73. The van der Waals surface area contributed by atoms with Crippen molar-refractivity contribution in [2.24, 2.45) is 11.6 Å². The van der Waals surface area contributed by atoms with Gasteiger partial charge in [0.1, 0.15) is 5.84 Å². The van der Waals surface area contributed by atoms with Crippen LogP contribution in [-0.2, 0) is 0 Å². The molecule has 6 heteroatoms. The van der Waals surface area contributed by atoms with Gasteiger partial charge in [0.2, 0.25) is 0 Å². The number of imidazole rings is 1. The molecule has 74 valence electrons. The van der Waals surface area contributed by atoms with E-state index in [1.807, 2.05) is 12.1 Å². The van der Waals surface area contributed by atoms with E-state index in [2.05, 4.69) is 15.9 Å². The van der Waals surface area contributed by atoms with E-state index in [4.69, 9.17) is 16.4 Å². The molecule has 0 saturated carbocycles. The molecule has 0 aliphatic heterocycles. The smallest absolute Gasteiger partial charge is 0.122 e. The maximum atomic E-state index is 7.21. The molecule has 0 saturated heterocycles. The summed E-state index contributed by atoms with van der Waals surface area (Å²) in [6.45, 7) is 0. The molecule has 7 N–H and O–H groups in total. The molecule has 0 amide bonds. The number of hydrogen-bond donors (Lipinski definition) is 5. The molecule has 0 atom stereocenters. The number of rotatable bonds is 1. The first-order valence-corrected chi connectivity index (χ1v) is 3.81. The highest BCUT2D eigenvalue weighted by molar-refractivity contribution is 5.97. The number of amidine groups is 1. The van der Waals surface area contributed by atoms with Crippen LogP contribution in [0.4, 0.5) is 0 Å². The standard InChI is InChI=1S/C8H8N4.H3NO/c9-8(10)5-1-2-6-7(3-5)12-4-11-6;1-2/h1-4H,(H3,9,10)(H,11,12);2H,1H2. The van der Waals surface area contributed by atoms with E-state index in [0.717, 1.165) is 11.0 Å². The third kappa shape index (κ3) is 1.87. The summed E-state index contributed by atoms with van der Waals surface area (Å²) < 4.78 is 0. The average Bonchev–Trinajstić information content (AvgIpc) is 2.67. The van der Waals surface area contributed by atoms with Crippen LogP contribution in [0, 0.1) is 5.41 Å². The first-order chi connectivity index (χ1) is 6.77. The van der Waals surface area contributed by atoms with Gasteiger partial charge < -0.3 is 15.9 Å². The van der Waals surface area contributed by atoms with Crippen LogP contribution >= 0.6 is 0 Å². The van der Waals surface area contributed by atoms with E-state index < -0.39 is 0 Å². The second-order valence-corrected chi connectivity index (χ2v) is 2.55. The zero-order chi connectivity index (χ0) is 10.6. The van der Waals surface area contributed by atoms with Crippen molar-refractivity contribution in [1.29, 1.82) is 5.41 Å². The van der Waals surface area contributed by atoms with Gasteiger partial charge in [0.25, 0.3) is 0 Å². The van der Waals surface area contributed by atoms with Gasteiger partial charge in [0, 0.05) is 5.56 Å². The fraction of sp³-hybridized carbons (Fsp3) is 0. The molecule has 6 nitrogen and oxygen atoms in total. The molecule has 0 aliphatic carbocycles. The monoisotopic (exact) mass is 193 g/mol. The lowest BCUT2D eigenvalue weighted by atomic mass is 10.2. The summed E-state index contributed by atoms with van der Waals surface area (Å²) >= 11 is 0. The SMILES string of the molecule is N=C(N)c1ccc2nc[nH]c2c1.NO. The Bertz CT molecular complexity index is 436. The number of aromatic nitrogens is 2. The van der Waals surface area contributed by atoms with Crippen LogP contribution in [0.15, 0.2) is 24.5 Å². The Morgan fingerprint density at radius 1 is 1.43 bits per heavy atom. The van der Waals surface area contributed by atoms with Gasteiger partial charge in [0.05, 0.1) is 17.4 Å². The second kappa shape index (κ2) is 4.35. The second-order valence-electron chi connectivity index (χ2n) is 2.55. The largest absolute Gasteiger partial charge is 0.384 e.